The summed E-state index contributed by atoms with van der Waals surface area (Å²) in [4.78, 5) is 36.2. The van der Waals surface area contributed by atoms with Gasteiger partial charge in [-0.2, -0.15) is 0 Å². The second-order valence-electron chi connectivity index (χ2n) is 34.2. The Hall–Kier alpha value is -11.9. The summed E-state index contributed by atoms with van der Waals surface area (Å²) < 4.78 is 146. The molecule has 11 aromatic carbocycles. The molecular weight excluding hydrogens is 1800 g/mol. The maximum Gasteiger partial charge on any atom is 0.335 e. The fourth-order valence-electron chi connectivity index (χ4n) is 17.6. The number of azide groups is 2. The summed E-state index contributed by atoms with van der Waals surface area (Å²) in [5, 5.41) is 44.2. The van der Waals surface area contributed by atoms with Gasteiger partial charge in [-0.3, -0.25) is 0 Å². The molecule has 5 saturated heterocycles. The van der Waals surface area contributed by atoms with Crippen molar-refractivity contribution >= 4 is 11.9 Å². The lowest BCUT2D eigenvalue weighted by Gasteiger charge is -2.50. The van der Waals surface area contributed by atoms with E-state index < -0.39 is 185 Å². The van der Waals surface area contributed by atoms with Gasteiger partial charge in [0, 0.05) is 16.9 Å². The summed E-state index contributed by atoms with van der Waals surface area (Å²) in [6.07, 6.45) is -33.8. The summed E-state index contributed by atoms with van der Waals surface area (Å²) >= 11 is 0. The molecule has 5 heterocycles. The third-order valence-corrected chi connectivity index (χ3v) is 24.6. The molecule has 0 radical (unpaired) electrons. The number of carboxylic acids is 2. The summed E-state index contributed by atoms with van der Waals surface area (Å²) in [6.45, 7) is -2.36. The van der Waals surface area contributed by atoms with Crippen molar-refractivity contribution in [1.29, 1.82) is 0 Å². The Bertz CT molecular complexity index is 5590. The molecule has 732 valence electrons. The van der Waals surface area contributed by atoms with Gasteiger partial charge in [-0.25, -0.2) is 9.59 Å². The Labute approximate surface area is 811 Å². The minimum Gasteiger partial charge on any atom is -0.479 e. The number of aliphatic hydroxyl groups is 1. The van der Waals surface area contributed by atoms with Crippen molar-refractivity contribution in [2.45, 2.75) is 226 Å². The Morgan fingerprint density at radius 1 is 0.257 bits per heavy atom. The van der Waals surface area contributed by atoms with Gasteiger partial charge in [-0.15, -0.1) is 0 Å². The zero-order valence-electron chi connectivity index (χ0n) is 77.0. The monoisotopic (exact) mass is 1910 g/mol. The molecule has 11 aromatic rings. The largest absolute Gasteiger partial charge is 0.479 e. The summed E-state index contributed by atoms with van der Waals surface area (Å²) in [5.74, 6) is -3.19. The molecule has 5 aliphatic heterocycles. The van der Waals surface area contributed by atoms with Crippen LogP contribution in [0.25, 0.3) is 20.9 Å². The van der Waals surface area contributed by atoms with Crippen molar-refractivity contribution in [2.75, 3.05) is 26.9 Å². The van der Waals surface area contributed by atoms with Crippen LogP contribution < -0.4 is 0 Å². The molecule has 3 N–H and O–H groups in total. The zero-order chi connectivity index (χ0) is 96.4. The highest BCUT2D eigenvalue weighted by molar-refractivity contribution is 5.74. The van der Waals surface area contributed by atoms with Gasteiger partial charge in [0.1, 0.15) is 110 Å². The van der Waals surface area contributed by atoms with E-state index in [1.165, 1.54) is 7.11 Å². The fraction of sp³-hybridized carbons (Fsp3) is 0.370. The minimum atomic E-state index is -2.10. The third kappa shape index (κ3) is 27.7. The van der Waals surface area contributed by atoms with Crippen LogP contribution in [-0.4, -0.2) is 208 Å². The molecule has 140 heavy (non-hydrogen) atoms. The predicted octanol–water partition coefficient (Wildman–Crippen LogP) is 16.0. The molecule has 0 unspecified atom stereocenters. The van der Waals surface area contributed by atoms with E-state index in [-0.39, 0.29) is 72.7 Å². The first-order chi connectivity index (χ1) is 68.9. The number of aliphatic hydroxyl groups excluding tert-OH is 1. The van der Waals surface area contributed by atoms with Gasteiger partial charge in [-0.1, -0.05) is 344 Å². The number of ether oxygens (including phenoxy) is 21. The zero-order valence-corrected chi connectivity index (χ0v) is 77.0. The molecule has 16 rings (SSSR count). The average Bonchev–Trinajstić information content (AvgIpc) is 0.758. The van der Waals surface area contributed by atoms with E-state index in [9.17, 15) is 36.0 Å². The number of nitrogens with zero attached hydrogens (tertiary/aromatic N) is 6. The van der Waals surface area contributed by atoms with Crippen LogP contribution in [0.4, 0.5) is 0 Å². The van der Waals surface area contributed by atoms with Crippen LogP contribution in [0.2, 0.25) is 0 Å². The number of carboxylic acid groups (broad SMARTS) is 2. The van der Waals surface area contributed by atoms with Gasteiger partial charge in [0.2, 0.25) is 0 Å². The van der Waals surface area contributed by atoms with Crippen molar-refractivity contribution < 1.29 is 124 Å². The summed E-state index contributed by atoms with van der Waals surface area (Å²) in [6, 6.07) is 99.1. The van der Waals surface area contributed by atoms with E-state index in [1.54, 1.807) is 48.5 Å². The Morgan fingerprint density at radius 3 is 0.679 bits per heavy atom. The lowest BCUT2D eigenvalue weighted by Crippen LogP contribution is -2.67. The molecule has 5 aliphatic rings. The van der Waals surface area contributed by atoms with Crippen LogP contribution in [0.5, 0.6) is 0 Å². The van der Waals surface area contributed by atoms with Crippen molar-refractivity contribution in [3.8, 4) is 0 Å². The van der Waals surface area contributed by atoms with Gasteiger partial charge in [0.15, 0.2) is 43.7 Å². The summed E-state index contributed by atoms with van der Waals surface area (Å²) in [7, 11) is 1.47. The Kier molecular flexibility index (Phi) is 37.9. The summed E-state index contributed by atoms with van der Waals surface area (Å²) in [5.41, 5.74) is 30.1. The maximum atomic E-state index is 14.8. The van der Waals surface area contributed by atoms with Gasteiger partial charge < -0.3 is 115 Å². The molecule has 0 bridgehead atoms. The fourth-order valence-corrected chi connectivity index (χ4v) is 17.6. The average molecular weight is 1910 g/mol. The van der Waals surface area contributed by atoms with Gasteiger partial charge in [0.05, 0.1) is 92.5 Å². The van der Waals surface area contributed by atoms with E-state index >= 15 is 0 Å². The van der Waals surface area contributed by atoms with E-state index in [0.717, 1.165) is 33.4 Å². The molecule has 0 amide bonds. The Morgan fingerprint density at radius 2 is 0.457 bits per heavy atom. The normalized spacial score (nSPS) is 27.8. The minimum absolute atomic E-state index is 0.00811. The highest BCUT2D eigenvalue weighted by Gasteiger charge is 2.60. The van der Waals surface area contributed by atoms with Gasteiger partial charge in [-0.05, 0) is 72.3 Å². The molecule has 32 heteroatoms. The van der Waals surface area contributed by atoms with E-state index in [4.69, 9.17) is 99.5 Å². The number of rotatable bonds is 49. The molecule has 0 spiro atoms. The second kappa shape index (κ2) is 52.6. The lowest BCUT2D eigenvalue weighted by atomic mass is 9.94. The van der Waals surface area contributed by atoms with Gasteiger partial charge >= 0.3 is 11.9 Å². The van der Waals surface area contributed by atoms with Crippen LogP contribution in [0.1, 0.15) is 61.2 Å². The number of benzene rings is 11. The van der Waals surface area contributed by atoms with Crippen molar-refractivity contribution in [2.24, 2.45) is 10.2 Å². The van der Waals surface area contributed by atoms with Crippen LogP contribution in [0.3, 0.4) is 0 Å². The molecule has 0 aliphatic carbocycles. The van der Waals surface area contributed by atoms with Crippen LogP contribution in [0, 0.1) is 0 Å². The van der Waals surface area contributed by atoms with E-state index in [1.807, 2.05) is 285 Å². The third-order valence-electron chi connectivity index (χ3n) is 24.6. The number of carbonyl (C=O) groups is 2. The number of hydrogen-bond acceptors (Lipinski definition) is 26. The van der Waals surface area contributed by atoms with Crippen LogP contribution in [-0.2, 0) is 182 Å². The number of methoxy groups -OCH3 is 1. The molecular formula is C108H114N6O26. The Balaban J connectivity index is 0.763. The lowest BCUT2D eigenvalue weighted by molar-refractivity contribution is -0.372. The quantitative estimate of drug-likeness (QED) is 0.0181. The van der Waals surface area contributed by atoms with Crippen molar-refractivity contribution in [3.63, 3.8) is 0 Å². The highest BCUT2D eigenvalue weighted by Crippen LogP contribution is 2.42. The topological polar surface area (TPSA) is 386 Å². The molecule has 0 aromatic heterocycles. The molecule has 0 saturated carbocycles. The molecule has 25 atom stereocenters. The first-order valence-electron chi connectivity index (χ1n) is 46.6. The number of hydrogen-bond donors (Lipinski definition) is 3. The highest BCUT2D eigenvalue weighted by atomic mass is 16.8. The van der Waals surface area contributed by atoms with Crippen LogP contribution >= 0.6 is 0 Å². The first-order valence-corrected chi connectivity index (χ1v) is 46.6. The molecule has 5 fully saturated rings. The smallest absolute Gasteiger partial charge is 0.335 e. The van der Waals surface area contributed by atoms with E-state index in [2.05, 4.69) is 20.1 Å². The second-order valence-corrected chi connectivity index (χ2v) is 34.2. The predicted molar refractivity (Wildman–Crippen MR) is 505 cm³/mol. The van der Waals surface area contributed by atoms with Crippen molar-refractivity contribution in [1.82, 2.24) is 0 Å². The maximum absolute atomic E-state index is 14.8. The first kappa shape index (κ1) is 101. The number of aliphatic carboxylic acids is 2. The van der Waals surface area contributed by atoms with E-state index in [0.29, 0.717) is 27.8 Å². The van der Waals surface area contributed by atoms with Gasteiger partial charge in [0.25, 0.3) is 0 Å². The van der Waals surface area contributed by atoms with Crippen LogP contribution in [0.15, 0.2) is 344 Å². The standard InChI is InChI=1S/C108H114N6O26/c1-120-106-99(129-66-79-51-29-10-30-52-79)93(127-64-77-47-25-8-26-48-77)88(122-59-72-37-15-3-16-38-72)83(135-106)69-132-104-86(112-114-110)91(125-62-75-43-21-6-22-44-75)96(98(140-104)103(118)119)138-108-101(131-68-81-55-33-12-34-56-81)94(128-65-78-49-27-9-28-50-78)89(123-60-73-39-17-4-18-40-73)84(136-108)70-133-105-85(111-113-109)90(124-61-74-41-19-5-20-42-74)95(97(139-105)102(116)117)137-107-100(130-67-80-53-31-11-32-54-80)92(126-63-76-45-23-7-24-46-76)87(82(57-115)134-107)121-58-71-35-13-2-14-36-71/h2-56,82-101,104-108,115H,57-70H2,1H3,(H,116,117)(H,118,119)/t82-,83-,84-,85+,86+,87-,88-,89-,90-,91-,92+,93+,94+,95+,96+,97+,98+,99-,100-,101-,104-,105-,106+,107-,108-/m1/s1. The molecule has 32 nitrogen and oxygen atoms in total. The SMILES string of the molecule is CO[C@H]1O[C@H](CO[C@@H]2O[C@H](C(=O)O)[C@@H](O[C@H]3O[C@H](CO[C@@H]4O[C@H](C(=O)O)[C@@H](O[C@H]5O[C@H](CO)[C@@H](OCc6ccccc6)[C@H](OCc6ccccc6)[C@H]5OCc5ccccc5)[C@H](OCc5ccccc5)[C@@H]4N=[N+]=[N-])[C@@H](OCc4ccccc4)[C@H](OCc4ccccc4)[C@H]3OCc3ccccc3)[C@H](OCc3ccccc3)[C@@H]2N=[N+]=[N-])[C@@H](OCc2ccccc2)[C@H](OCc2ccccc2)[C@H]1OCc1ccccc1. The van der Waals surface area contributed by atoms with Crippen molar-refractivity contribution in [3.05, 3.63) is 416 Å².